The number of hydrogen-bond acceptors (Lipinski definition) is 3. The fraction of sp³-hybridized carbons (Fsp3) is 0.286. The number of aromatic nitrogens is 1. The lowest BCUT2D eigenvalue weighted by Gasteiger charge is -2.13. The average molecular weight is 243 g/mol. The van der Waals surface area contributed by atoms with E-state index in [1.165, 1.54) is 4.90 Å². The zero-order valence-corrected chi connectivity index (χ0v) is 10.9. The predicted molar refractivity (Wildman–Crippen MR) is 73.9 cm³/mol. The molecule has 1 heterocycles. The first-order chi connectivity index (χ1) is 8.63. The molecule has 1 amide bonds. The Bertz CT molecular complexity index is 578. The molecule has 4 nitrogen and oxygen atoms in total. The van der Waals surface area contributed by atoms with Crippen LogP contribution in [0, 0.1) is 0 Å². The van der Waals surface area contributed by atoms with Gasteiger partial charge in [-0.25, -0.2) is 4.98 Å². The van der Waals surface area contributed by atoms with Crippen molar-refractivity contribution in [1.82, 2.24) is 9.88 Å². The Morgan fingerprint density at radius 1 is 1.33 bits per heavy atom. The van der Waals surface area contributed by atoms with E-state index in [9.17, 15) is 4.79 Å². The average Bonchev–Trinajstić information content (AvgIpc) is 2.38. The SMILES string of the molecule is CCNc1nc(C(=O)N(C)C)cc2ccccc12. The van der Waals surface area contributed by atoms with Crippen LogP contribution >= 0.6 is 0 Å². The molecular weight excluding hydrogens is 226 g/mol. The zero-order chi connectivity index (χ0) is 13.1. The highest BCUT2D eigenvalue weighted by atomic mass is 16.2. The molecule has 0 fully saturated rings. The first-order valence-corrected chi connectivity index (χ1v) is 5.98. The van der Waals surface area contributed by atoms with E-state index in [2.05, 4.69) is 10.3 Å². The van der Waals surface area contributed by atoms with E-state index in [0.717, 1.165) is 23.1 Å². The molecule has 18 heavy (non-hydrogen) atoms. The number of pyridine rings is 1. The van der Waals surface area contributed by atoms with Crippen LogP contribution in [-0.2, 0) is 0 Å². The Kier molecular flexibility index (Phi) is 3.46. The Labute approximate surface area is 107 Å². The van der Waals surface area contributed by atoms with Crippen molar-refractivity contribution >= 4 is 22.5 Å². The molecule has 0 aliphatic rings. The summed E-state index contributed by atoms with van der Waals surface area (Å²) in [6.07, 6.45) is 0. The molecular formula is C14H17N3O. The number of carbonyl (C=O) groups excluding carboxylic acids is 1. The van der Waals surface area contributed by atoms with Crippen molar-refractivity contribution in [3.8, 4) is 0 Å². The second-order valence-corrected chi connectivity index (χ2v) is 4.31. The monoisotopic (exact) mass is 243 g/mol. The molecule has 94 valence electrons. The summed E-state index contributed by atoms with van der Waals surface area (Å²) < 4.78 is 0. The second kappa shape index (κ2) is 5.04. The topological polar surface area (TPSA) is 45.2 Å². The van der Waals surface area contributed by atoms with Crippen LogP contribution in [-0.4, -0.2) is 36.4 Å². The van der Waals surface area contributed by atoms with Gasteiger partial charge in [-0.3, -0.25) is 4.79 Å². The van der Waals surface area contributed by atoms with Crippen LogP contribution in [0.1, 0.15) is 17.4 Å². The van der Waals surface area contributed by atoms with Crippen LogP contribution in [0.4, 0.5) is 5.82 Å². The molecule has 2 aromatic rings. The molecule has 0 unspecified atom stereocenters. The maximum atomic E-state index is 12.0. The Morgan fingerprint density at radius 2 is 2.06 bits per heavy atom. The first kappa shape index (κ1) is 12.4. The Morgan fingerprint density at radius 3 is 2.72 bits per heavy atom. The molecule has 1 aromatic carbocycles. The Hall–Kier alpha value is -2.10. The number of anilines is 1. The van der Waals surface area contributed by atoms with E-state index in [1.807, 2.05) is 37.3 Å². The summed E-state index contributed by atoms with van der Waals surface area (Å²) in [5.74, 6) is 0.681. The maximum absolute atomic E-state index is 12.0. The van der Waals surface area contributed by atoms with Crippen molar-refractivity contribution < 1.29 is 4.79 Å². The van der Waals surface area contributed by atoms with E-state index in [4.69, 9.17) is 0 Å². The zero-order valence-electron chi connectivity index (χ0n) is 10.9. The number of nitrogens with one attached hydrogen (secondary N) is 1. The number of amides is 1. The molecule has 1 aromatic heterocycles. The van der Waals surface area contributed by atoms with Crippen LogP contribution in [0.3, 0.4) is 0 Å². The van der Waals surface area contributed by atoms with Gasteiger partial charge >= 0.3 is 0 Å². The number of carbonyl (C=O) groups is 1. The van der Waals surface area contributed by atoms with Gasteiger partial charge in [-0.15, -0.1) is 0 Å². The number of benzene rings is 1. The second-order valence-electron chi connectivity index (χ2n) is 4.31. The van der Waals surface area contributed by atoms with Crippen LogP contribution in [0.5, 0.6) is 0 Å². The third-order valence-electron chi connectivity index (χ3n) is 2.71. The normalized spacial score (nSPS) is 10.4. The molecule has 0 aliphatic heterocycles. The van der Waals surface area contributed by atoms with Crippen molar-refractivity contribution in [2.24, 2.45) is 0 Å². The molecule has 0 atom stereocenters. The molecule has 1 N–H and O–H groups in total. The van der Waals surface area contributed by atoms with E-state index >= 15 is 0 Å². The van der Waals surface area contributed by atoms with Crippen molar-refractivity contribution in [2.45, 2.75) is 6.92 Å². The van der Waals surface area contributed by atoms with Gasteiger partial charge in [0.1, 0.15) is 11.5 Å². The predicted octanol–water partition coefficient (Wildman–Crippen LogP) is 2.37. The third kappa shape index (κ3) is 2.27. The molecule has 0 aliphatic carbocycles. The first-order valence-electron chi connectivity index (χ1n) is 5.98. The molecule has 0 bridgehead atoms. The van der Waals surface area contributed by atoms with Gasteiger partial charge in [0.2, 0.25) is 0 Å². The number of hydrogen-bond donors (Lipinski definition) is 1. The van der Waals surface area contributed by atoms with Crippen LogP contribution < -0.4 is 5.32 Å². The van der Waals surface area contributed by atoms with Gasteiger partial charge in [-0.05, 0) is 18.4 Å². The van der Waals surface area contributed by atoms with Crippen molar-refractivity contribution in [2.75, 3.05) is 26.0 Å². The highest BCUT2D eigenvalue weighted by Crippen LogP contribution is 2.22. The highest BCUT2D eigenvalue weighted by molar-refractivity contribution is 6.00. The summed E-state index contributed by atoms with van der Waals surface area (Å²) in [7, 11) is 3.46. The lowest BCUT2D eigenvalue weighted by atomic mass is 10.1. The van der Waals surface area contributed by atoms with E-state index in [1.54, 1.807) is 14.1 Å². The standard InChI is InChI=1S/C14H17N3O/c1-4-15-13-11-8-6-5-7-10(11)9-12(16-13)14(18)17(2)3/h5-9H,4H2,1-3H3,(H,15,16). The van der Waals surface area contributed by atoms with Gasteiger partial charge in [-0.2, -0.15) is 0 Å². The van der Waals surface area contributed by atoms with E-state index in [-0.39, 0.29) is 5.91 Å². The Balaban J connectivity index is 2.60. The maximum Gasteiger partial charge on any atom is 0.272 e. The minimum absolute atomic E-state index is 0.0834. The number of rotatable bonds is 3. The summed E-state index contributed by atoms with van der Waals surface area (Å²) >= 11 is 0. The van der Waals surface area contributed by atoms with Gasteiger partial charge in [-0.1, -0.05) is 24.3 Å². The molecule has 4 heteroatoms. The minimum atomic E-state index is -0.0834. The van der Waals surface area contributed by atoms with Gasteiger partial charge in [0, 0.05) is 26.0 Å². The molecule has 0 saturated heterocycles. The smallest absolute Gasteiger partial charge is 0.272 e. The van der Waals surface area contributed by atoms with Gasteiger partial charge in [0.15, 0.2) is 0 Å². The minimum Gasteiger partial charge on any atom is -0.370 e. The summed E-state index contributed by atoms with van der Waals surface area (Å²) in [4.78, 5) is 17.9. The molecule has 0 saturated carbocycles. The highest BCUT2D eigenvalue weighted by Gasteiger charge is 2.13. The number of nitrogens with zero attached hydrogens (tertiary/aromatic N) is 2. The lowest BCUT2D eigenvalue weighted by molar-refractivity contribution is 0.0822. The molecule has 0 spiro atoms. The fourth-order valence-corrected chi connectivity index (χ4v) is 1.84. The summed E-state index contributed by atoms with van der Waals surface area (Å²) in [5, 5.41) is 5.26. The van der Waals surface area contributed by atoms with Crippen molar-refractivity contribution in [1.29, 1.82) is 0 Å². The van der Waals surface area contributed by atoms with Crippen molar-refractivity contribution in [3.63, 3.8) is 0 Å². The third-order valence-corrected chi connectivity index (χ3v) is 2.71. The van der Waals surface area contributed by atoms with Crippen molar-refractivity contribution in [3.05, 3.63) is 36.0 Å². The summed E-state index contributed by atoms with van der Waals surface area (Å²) in [6.45, 7) is 2.79. The molecule has 2 rings (SSSR count). The number of fused-ring (bicyclic) bond motifs is 1. The summed E-state index contributed by atoms with van der Waals surface area (Å²) in [5.41, 5.74) is 0.467. The van der Waals surface area contributed by atoms with Gasteiger partial charge in [0.25, 0.3) is 5.91 Å². The van der Waals surface area contributed by atoms with Gasteiger partial charge < -0.3 is 10.2 Å². The quantitative estimate of drug-likeness (QED) is 0.900. The lowest BCUT2D eigenvalue weighted by Crippen LogP contribution is -2.23. The van der Waals surface area contributed by atoms with Crippen LogP contribution in [0.25, 0.3) is 10.8 Å². The van der Waals surface area contributed by atoms with Crippen LogP contribution in [0.2, 0.25) is 0 Å². The largest absolute Gasteiger partial charge is 0.370 e. The van der Waals surface area contributed by atoms with Gasteiger partial charge in [0.05, 0.1) is 0 Å². The fourth-order valence-electron chi connectivity index (χ4n) is 1.84. The van der Waals surface area contributed by atoms with E-state index in [0.29, 0.717) is 5.69 Å². The summed E-state index contributed by atoms with van der Waals surface area (Å²) in [6, 6.07) is 9.76. The van der Waals surface area contributed by atoms with E-state index < -0.39 is 0 Å². The van der Waals surface area contributed by atoms with Crippen LogP contribution in [0.15, 0.2) is 30.3 Å². The molecule has 0 radical (unpaired) electrons.